The van der Waals surface area contributed by atoms with Gasteiger partial charge in [-0.25, -0.2) is 0 Å². The Hall–Kier alpha value is -0.0831. The standard InChI is InChI=1S/C9H19NSi/c1-4-5-8-11(2,3)9-10-6-7-10/h4-5H,6-9H2,1-3H3. The van der Waals surface area contributed by atoms with Crippen molar-refractivity contribution >= 4 is 8.07 Å². The molecule has 0 saturated carbocycles. The van der Waals surface area contributed by atoms with E-state index < -0.39 is 8.07 Å². The Morgan fingerprint density at radius 2 is 2.00 bits per heavy atom. The van der Waals surface area contributed by atoms with Crippen molar-refractivity contribution in [1.29, 1.82) is 0 Å². The Balaban J connectivity index is 2.24. The van der Waals surface area contributed by atoms with E-state index in [0.29, 0.717) is 0 Å². The van der Waals surface area contributed by atoms with Gasteiger partial charge in [0, 0.05) is 13.1 Å². The first-order valence-corrected chi connectivity index (χ1v) is 7.89. The molecule has 11 heavy (non-hydrogen) atoms. The van der Waals surface area contributed by atoms with E-state index in [0.717, 1.165) is 0 Å². The summed E-state index contributed by atoms with van der Waals surface area (Å²) in [6.07, 6.45) is 5.91. The van der Waals surface area contributed by atoms with Crippen molar-refractivity contribution < 1.29 is 0 Å². The van der Waals surface area contributed by atoms with Crippen molar-refractivity contribution in [3.63, 3.8) is 0 Å². The van der Waals surface area contributed by atoms with Crippen LogP contribution < -0.4 is 0 Å². The van der Waals surface area contributed by atoms with Crippen LogP contribution in [0.3, 0.4) is 0 Å². The summed E-state index contributed by atoms with van der Waals surface area (Å²) >= 11 is 0. The minimum absolute atomic E-state index is 0.886. The molecule has 0 amide bonds. The normalized spacial score (nSPS) is 19.5. The molecular formula is C9H19NSi. The summed E-state index contributed by atoms with van der Waals surface area (Å²) < 4.78 is 0. The van der Waals surface area contributed by atoms with E-state index in [1.807, 2.05) is 0 Å². The van der Waals surface area contributed by atoms with Crippen LogP contribution in [0.1, 0.15) is 6.92 Å². The number of hydrogen-bond donors (Lipinski definition) is 0. The van der Waals surface area contributed by atoms with Crippen molar-refractivity contribution in [2.24, 2.45) is 0 Å². The third-order valence-corrected chi connectivity index (χ3v) is 4.74. The van der Waals surface area contributed by atoms with Gasteiger partial charge in [-0.2, -0.15) is 0 Å². The van der Waals surface area contributed by atoms with Crippen molar-refractivity contribution in [2.75, 3.05) is 19.3 Å². The van der Waals surface area contributed by atoms with Gasteiger partial charge >= 0.3 is 0 Å². The maximum Gasteiger partial charge on any atom is 0.0666 e. The number of nitrogens with zero attached hydrogens (tertiary/aromatic N) is 1. The molecule has 1 aliphatic rings. The maximum absolute atomic E-state index is 2.55. The molecule has 1 aliphatic heterocycles. The molecule has 1 heterocycles. The van der Waals surface area contributed by atoms with Gasteiger partial charge in [-0.3, -0.25) is 0 Å². The van der Waals surface area contributed by atoms with Crippen LogP contribution in [0.15, 0.2) is 12.2 Å². The van der Waals surface area contributed by atoms with Crippen molar-refractivity contribution in [2.45, 2.75) is 26.1 Å². The van der Waals surface area contributed by atoms with Crippen LogP contribution in [0.4, 0.5) is 0 Å². The summed E-state index contributed by atoms with van der Waals surface area (Å²) in [6, 6.07) is 1.35. The van der Waals surface area contributed by atoms with E-state index in [2.05, 4.69) is 37.1 Å². The molecule has 1 fully saturated rings. The van der Waals surface area contributed by atoms with Gasteiger partial charge in [0.15, 0.2) is 0 Å². The lowest BCUT2D eigenvalue weighted by molar-refractivity contribution is 0.647. The summed E-state index contributed by atoms with van der Waals surface area (Å²) in [6.45, 7) is 9.77. The van der Waals surface area contributed by atoms with E-state index in [4.69, 9.17) is 0 Å². The number of allylic oxidation sites excluding steroid dienone is 2. The highest BCUT2D eigenvalue weighted by Gasteiger charge is 2.27. The highest BCUT2D eigenvalue weighted by atomic mass is 28.3. The van der Waals surface area contributed by atoms with Crippen molar-refractivity contribution in [3.8, 4) is 0 Å². The first kappa shape index (κ1) is 9.01. The molecule has 0 aromatic carbocycles. The van der Waals surface area contributed by atoms with E-state index >= 15 is 0 Å². The topological polar surface area (TPSA) is 3.01 Å². The zero-order valence-electron chi connectivity index (χ0n) is 7.93. The summed E-state index contributed by atoms with van der Waals surface area (Å²) in [5.41, 5.74) is 0. The second-order valence-corrected chi connectivity index (χ2v) is 9.27. The lowest BCUT2D eigenvalue weighted by Gasteiger charge is -2.20. The van der Waals surface area contributed by atoms with Crippen molar-refractivity contribution in [1.82, 2.24) is 4.90 Å². The summed E-state index contributed by atoms with van der Waals surface area (Å²) in [5, 5.41) is 0. The van der Waals surface area contributed by atoms with Crippen LogP contribution in [0.5, 0.6) is 0 Å². The average molecular weight is 169 g/mol. The van der Waals surface area contributed by atoms with Gasteiger partial charge in [-0.05, 0) is 19.1 Å². The fourth-order valence-corrected chi connectivity index (χ4v) is 3.87. The highest BCUT2D eigenvalue weighted by Crippen LogP contribution is 2.16. The molecule has 0 N–H and O–H groups in total. The van der Waals surface area contributed by atoms with E-state index in [-0.39, 0.29) is 0 Å². The second kappa shape index (κ2) is 3.54. The smallest absolute Gasteiger partial charge is 0.0666 e. The van der Waals surface area contributed by atoms with Crippen LogP contribution in [0, 0.1) is 0 Å². The molecule has 0 spiro atoms. The SMILES string of the molecule is CC=CC[Si](C)(C)CN1CC1. The molecule has 0 bridgehead atoms. The quantitative estimate of drug-likeness (QED) is 0.354. The van der Waals surface area contributed by atoms with Gasteiger partial charge in [0.05, 0.1) is 8.07 Å². The fourth-order valence-electron chi connectivity index (χ4n) is 1.34. The Kier molecular flexibility index (Phi) is 2.90. The molecule has 0 aromatic heterocycles. The van der Waals surface area contributed by atoms with Gasteiger partial charge in [0.25, 0.3) is 0 Å². The molecule has 0 unspecified atom stereocenters. The third-order valence-electron chi connectivity index (χ3n) is 2.10. The van der Waals surface area contributed by atoms with Crippen LogP contribution in [-0.2, 0) is 0 Å². The van der Waals surface area contributed by atoms with Gasteiger partial charge in [0.2, 0.25) is 0 Å². The predicted octanol–water partition coefficient (Wildman–Crippen LogP) is 2.13. The minimum atomic E-state index is -0.886. The van der Waals surface area contributed by atoms with Gasteiger partial charge < -0.3 is 4.90 Å². The summed E-state index contributed by atoms with van der Waals surface area (Å²) in [4.78, 5) is 2.55. The summed E-state index contributed by atoms with van der Waals surface area (Å²) in [5.74, 6) is 0. The second-order valence-electron chi connectivity index (χ2n) is 4.21. The van der Waals surface area contributed by atoms with E-state index in [9.17, 15) is 0 Å². The number of rotatable bonds is 4. The predicted molar refractivity (Wildman–Crippen MR) is 53.5 cm³/mol. The van der Waals surface area contributed by atoms with Gasteiger partial charge in [0.1, 0.15) is 0 Å². The van der Waals surface area contributed by atoms with Gasteiger partial charge in [-0.1, -0.05) is 25.2 Å². The molecule has 64 valence electrons. The largest absolute Gasteiger partial charge is 0.304 e. The molecule has 1 nitrogen and oxygen atoms in total. The zero-order valence-corrected chi connectivity index (χ0v) is 8.93. The van der Waals surface area contributed by atoms with E-state index in [1.165, 1.54) is 25.3 Å². The molecule has 1 saturated heterocycles. The average Bonchev–Trinajstić information content (AvgIpc) is 2.67. The zero-order chi connectivity index (χ0) is 8.32. The Morgan fingerprint density at radius 1 is 1.36 bits per heavy atom. The third kappa shape index (κ3) is 3.73. The Bertz CT molecular complexity index is 148. The first-order chi connectivity index (χ1) is 5.14. The molecule has 0 atom stereocenters. The van der Waals surface area contributed by atoms with Crippen LogP contribution in [0.25, 0.3) is 0 Å². The Morgan fingerprint density at radius 3 is 2.45 bits per heavy atom. The molecule has 0 aliphatic carbocycles. The molecule has 1 rings (SSSR count). The summed E-state index contributed by atoms with van der Waals surface area (Å²) in [7, 11) is -0.886. The highest BCUT2D eigenvalue weighted by molar-refractivity contribution is 6.78. The first-order valence-electron chi connectivity index (χ1n) is 4.47. The minimum Gasteiger partial charge on any atom is -0.304 e. The lowest BCUT2D eigenvalue weighted by Crippen LogP contribution is -2.34. The monoisotopic (exact) mass is 169 g/mol. The fraction of sp³-hybridized carbons (Fsp3) is 0.778. The molecule has 0 aromatic rings. The Labute approximate surface area is 71.1 Å². The number of hydrogen-bond acceptors (Lipinski definition) is 1. The molecule has 2 heteroatoms. The van der Waals surface area contributed by atoms with Crippen molar-refractivity contribution in [3.05, 3.63) is 12.2 Å². The maximum atomic E-state index is 2.55. The molecular weight excluding hydrogens is 150 g/mol. The lowest BCUT2D eigenvalue weighted by atomic mass is 10.6. The van der Waals surface area contributed by atoms with Crippen LogP contribution >= 0.6 is 0 Å². The van der Waals surface area contributed by atoms with Gasteiger partial charge in [-0.15, -0.1) is 0 Å². The van der Waals surface area contributed by atoms with E-state index in [1.54, 1.807) is 0 Å². The molecule has 0 radical (unpaired) electrons. The van der Waals surface area contributed by atoms with Crippen LogP contribution in [-0.4, -0.2) is 32.2 Å². The van der Waals surface area contributed by atoms with Crippen LogP contribution in [0.2, 0.25) is 19.1 Å².